The van der Waals surface area contributed by atoms with Crippen molar-refractivity contribution in [3.8, 4) is 0 Å². The largest absolute Gasteiger partial charge is 0.243 e. The summed E-state index contributed by atoms with van der Waals surface area (Å²) in [5, 5.41) is 4.05. The molecule has 4 heteroatoms. The second kappa shape index (κ2) is 2.05. The molecule has 10 heavy (non-hydrogen) atoms. The van der Waals surface area contributed by atoms with Crippen molar-refractivity contribution in [1.29, 1.82) is 0 Å². The number of hydrogen-bond donors (Lipinski definition) is 0. The van der Waals surface area contributed by atoms with Crippen molar-refractivity contribution in [1.82, 2.24) is 14.6 Å². The lowest BCUT2D eigenvalue weighted by Crippen LogP contribution is -1.86. The summed E-state index contributed by atoms with van der Waals surface area (Å²) in [4.78, 5) is 3.92. The van der Waals surface area contributed by atoms with Crippen LogP contribution in [0.1, 0.15) is 0 Å². The molecule has 0 spiro atoms. The van der Waals surface area contributed by atoms with E-state index in [0.29, 0.717) is 0 Å². The number of aromatic nitrogens is 3. The minimum atomic E-state index is 0.973. The van der Waals surface area contributed by atoms with Crippen LogP contribution in [-0.4, -0.2) is 14.6 Å². The molecular formula is C6H4BrN3. The third-order valence-corrected chi connectivity index (χ3v) is 1.67. The quantitative estimate of drug-likeness (QED) is 0.641. The first kappa shape index (κ1) is 5.85. The summed E-state index contributed by atoms with van der Waals surface area (Å²) < 4.78 is 2.69. The normalized spacial score (nSPS) is 10.5. The average molecular weight is 198 g/mol. The van der Waals surface area contributed by atoms with E-state index >= 15 is 0 Å². The van der Waals surface area contributed by atoms with E-state index in [9.17, 15) is 0 Å². The molecule has 2 heterocycles. The van der Waals surface area contributed by atoms with Gasteiger partial charge in [0.15, 0.2) is 0 Å². The van der Waals surface area contributed by atoms with Gasteiger partial charge in [0.2, 0.25) is 0 Å². The maximum absolute atomic E-state index is 4.05. The molecule has 0 unspecified atom stereocenters. The highest BCUT2D eigenvalue weighted by atomic mass is 79.9. The van der Waals surface area contributed by atoms with E-state index in [1.54, 1.807) is 23.2 Å². The zero-order valence-electron chi connectivity index (χ0n) is 5.03. The first-order valence-electron chi connectivity index (χ1n) is 2.80. The third-order valence-electron chi connectivity index (χ3n) is 1.24. The molecule has 0 amide bonds. The van der Waals surface area contributed by atoms with Crippen molar-refractivity contribution >= 4 is 21.4 Å². The van der Waals surface area contributed by atoms with E-state index in [-0.39, 0.29) is 0 Å². The zero-order chi connectivity index (χ0) is 6.97. The van der Waals surface area contributed by atoms with Gasteiger partial charge < -0.3 is 0 Å². The lowest BCUT2D eigenvalue weighted by molar-refractivity contribution is 0.922. The molecular weight excluding hydrogens is 194 g/mol. The monoisotopic (exact) mass is 197 g/mol. The first-order chi connectivity index (χ1) is 4.86. The Bertz CT molecular complexity index is 355. The van der Waals surface area contributed by atoms with Gasteiger partial charge >= 0.3 is 0 Å². The molecule has 0 radical (unpaired) electrons. The second-order valence-corrected chi connectivity index (χ2v) is 2.85. The van der Waals surface area contributed by atoms with E-state index in [1.165, 1.54) is 0 Å². The Morgan fingerprint density at radius 3 is 3.20 bits per heavy atom. The Kier molecular flexibility index (Phi) is 1.20. The SMILES string of the molecule is Brc1cnn2cncc2c1. The lowest BCUT2D eigenvalue weighted by Gasteiger charge is -1.90. The predicted octanol–water partition coefficient (Wildman–Crippen LogP) is 1.49. The highest BCUT2D eigenvalue weighted by Gasteiger charge is 1.92. The maximum Gasteiger partial charge on any atom is 0.117 e. The Morgan fingerprint density at radius 2 is 2.30 bits per heavy atom. The fourth-order valence-electron chi connectivity index (χ4n) is 0.794. The van der Waals surface area contributed by atoms with Gasteiger partial charge in [-0.1, -0.05) is 0 Å². The summed E-state index contributed by atoms with van der Waals surface area (Å²) >= 11 is 3.31. The third kappa shape index (κ3) is 0.806. The van der Waals surface area contributed by atoms with Gasteiger partial charge in [0, 0.05) is 4.47 Å². The molecule has 0 aliphatic heterocycles. The van der Waals surface area contributed by atoms with Crippen LogP contribution in [0.25, 0.3) is 5.52 Å². The molecule has 0 atom stereocenters. The van der Waals surface area contributed by atoms with Crippen molar-refractivity contribution in [3.05, 3.63) is 29.3 Å². The van der Waals surface area contributed by atoms with Crippen LogP contribution >= 0.6 is 15.9 Å². The highest BCUT2D eigenvalue weighted by Crippen LogP contribution is 2.09. The van der Waals surface area contributed by atoms with Crippen LogP contribution < -0.4 is 0 Å². The van der Waals surface area contributed by atoms with E-state index in [2.05, 4.69) is 26.0 Å². The molecule has 50 valence electrons. The van der Waals surface area contributed by atoms with Gasteiger partial charge in [-0.25, -0.2) is 9.50 Å². The molecule has 0 aliphatic rings. The minimum absolute atomic E-state index is 0.973. The molecule has 0 saturated heterocycles. The van der Waals surface area contributed by atoms with Crippen LogP contribution in [0, 0.1) is 0 Å². The molecule has 0 bridgehead atoms. The molecule has 0 N–H and O–H groups in total. The summed E-state index contributed by atoms with van der Waals surface area (Å²) in [6.45, 7) is 0. The number of hydrogen-bond acceptors (Lipinski definition) is 2. The number of imidazole rings is 1. The van der Waals surface area contributed by atoms with Gasteiger partial charge in [-0.3, -0.25) is 0 Å². The molecule has 3 nitrogen and oxygen atoms in total. The lowest BCUT2D eigenvalue weighted by atomic mass is 10.5. The fourth-order valence-corrected chi connectivity index (χ4v) is 1.12. The van der Waals surface area contributed by atoms with Gasteiger partial charge in [-0.15, -0.1) is 0 Å². The van der Waals surface area contributed by atoms with Gasteiger partial charge in [0.05, 0.1) is 17.9 Å². The summed E-state index contributed by atoms with van der Waals surface area (Å²) in [6.07, 6.45) is 5.16. The smallest absolute Gasteiger partial charge is 0.117 e. The van der Waals surface area contributed by atoms with Crippen LogP contribution in [0.15, 0.2) is 29.3 Å². The van der Waals surface area contributed by atoms with Crippen LogP contribution in [0.4, 0.5) is 0 Å². The van der Waals surface area contributed by atoms with E-state index < -0.39 is 0 Å². The van der Waals surface area contributed by atoms with Crippen molar-refractivity contribution in [2.45, 2.75) is 0 Å². The van der Waals surface area contributed by atoms with Crippen molar-refractivity contribution < 1.29 is 0 Å². The summed E-state index contributed by atoms with van der Waals surface area (Å²) in [6, 6.07) is 1.96. The molecule has 2 rings (SSSR count). The maximum atomic E-state index is 4.05. The number of rotatable bonds is 0. The van der Waals surface area contributed by atoms with Gasteiger partial charge in [-0.05, 0) is 22.0 Å². The number of halogens is 1. The van der Waals surface area contributed by atoms with Crippen LogP contribution in [0.3, 0.4) is 0 Å². The first-order valence-corrected chi connectivity index (χ1v) is 3.59. The van der Waals surface area contributed by atoms with Crippen LogP contribution in [-0.2, 0) is 0 Å². The fraction of sp³-hybridized carbons (Fsp3) is 0. The zero-order valence-corrected chi connectivity index (χ0v) is 6.62. The molecule has 2 aromatic rings. The summed E-state index contributed by atoms with van der Waals surface area (Å²) in [5.74, 6) is 0. The standard InChI is InChI=1S/C6H4BrN3/c7-5-1-6-3-8-4-10(6)9-2-5/h1-4H. The highest BCUT2D eigenvalue weighted by molar-refractivity contribution is 9.10. The van der Waals surface area contributed by atoms with Crippen molar-refractivity contribution in [2.75, 3.05) is 0 Å². The van der Waals surface area contributed by atoms with Crippen LogP contribution in [0.5, 0.6) is 0 Å². The van der Waals surface area contributed by atoms with Gasteiger partial charge in [0.1, 0.15) is 6.33 Å². The van der Waals surface area contributed by atoms with Crippen molar-refractivity contribution in [3.63, 3.8) is 0 Å². The topological polar surface area (TPSA) is 30.2 Å². The van der Waals surface area contributed by atoms with E-state index in [0.717, 1.165) is 9.99 Å². The Balaban J connectivity index is 2.86. The van der Waals surface area contributed by atoms with Crippen LogP contribution in [0.2, 0.25) is 0 Å². The predicted molar refractivity (Wildman–Crippen MR) is 40.7 cm³/mol. The van der Waals surface area contributed by atoms with Gasteiger partial charge in [-0.2, -0.15) is 5.10 Å². The number of nitrogens with zero attached hydrogens (tertiary/aromatic N) is 3. The summed E-state index contributed by atoms with van der Waals surface area (Å²) in [7, 11) is 0. The van der Waals surface area contributed by atoms with E-state index in [4.69, 9.17) is 0 Å². The molecule has 0 saturated carbocycles. The second-order valence-electron chi connectivity index (χ2n) is 1.94. The van der Waals surface area contributed by atoms with E-state index in [1.807, 2.05) is 6.07 Å². The summed E-state index contributed by atoms with van der Waals surface area (Å²) in [5.41, 5.74) is 0.995. The molecule has 0 aromatic carbocycles. The number of fused-ring (bicyclic) bond motifs is 1. The molecule has 0 fully saturated rings. The molecule has 0 aliphatic carbocycles. The Labute approximate surface area is 65.8 Å². The Morgan fingerprint density at radius 1 is 1.40 bits per heavy atom. The van der Waals surface area contributed by atoms with Crippen molar-refractivity contribution in [2.24, 2.45) is 0 Å². The average Bonchev–Trinajstić information content (AvgIpc) is 2.33. The van der Waals surface area contributed by atoms with Gasteiger partial charge in [0.25, 0.3) is 0 Å². The molecule has 2 aromatic heterocycles. The Hall–Kier alpha value is -0.900. The minimum Gasteiger partial charge on any atom is -0.243 e.